The molecule has 1 aromatic rings. The van der Waals surface area contributed by atoms with Crippen molar-refractivity contribution in [1.29, 1.82) is 0 Å². The molecule has 18 heavy (non-hydrogen) atoms. The van der Waals surface area contributed by atoms with E-state index in [1.807, 2.05) is 5.51 Å². The maximum absolute atomic E-state index is 10.3. The number of aryl methyl sites for hydroxylation is 2. The number of carboxylic acids is 1. The van der Waals surface area contributed by atoms with Crippen molar-refractivity contribution in [3.05, 3.63) is 16.1 Å². The van der Waals surface area contributed by atoms with Crippen molar-refractivity contribution in [3.8, 4) is 0 Å². The minimum atomic E-state index is -0.671. The zero-order valence-electron chi connectivity index (χ0n) is 11.2. The van der Waals surface area contributed by atoms with Crippen molar-refractivity contribution in [3.63, 3.8) is 0 Å². The Kier molecular flexibility index (Phi) is 7.65. The topological polar surface area (TPSA) is 50.2 Å². The lowest BCUT2D eigenvalue weighted by Gasteiger charge is -2.01. The lowest BCUT2D eigenvalue weighted by Crippen LogP contribution is -1.93. The molecule has 0 saturated heterocycles. The van der Waals surface area contributed by atoms with Crippen molar-refractivity contribution >= 4 is 17.3 Å². The van der Waals surface area contributed by atoms with E-state index in [9.17, 15) is 4.79 Å². The Bertz CT molecular complexity index is 349. The molecule has 1 heterocycles. The summed E-state index contributed by atoms with van der Waals surface area (Å²) in [5, 5.41) is 8.49. The first kappa shape index (κ1) is 15.2. The summed E-state index contributed by atoms with van der Waals surface area (Å²) < 4.78 is 0. The second kappa shape index (κ2) is 9.09. The smallest absolute Gasteiger partial charge is 0.303 e. The third kappa shape index (κ3) is 6.74. The zero-order valence-corrected chi connectivity index (χ0v) is 12.0. The van der Waals surface area contributed by atoms with E-state index in [0.717, 1.165) is 19.3 Å². The van der Waals surface area contributed by atoms with E-state index in [4.69, 9.17) is 5.11 Å². The quantitative estimate of drug-likeness (QED) is 0.648. The van der Waals surface area contributed by atoms with Gasteiger partial charge in [0.1, 0.15) is 0 Å². The van der Waals surface area contributed by atoms with Gasteiger partial charge in [0, 0.05) is 11.3 Å². The van der Waals surface area contributed by atoms with Gasteiger partial charge in [-0.25, -0.2) is 4.98 Å². The van der Waals surface area contributed by atoms with Crippen molar-refractivity contribution in [2.24, 2.45) is 0 Å². The molecule has 0 aliphatic heterocycles. The van der Waals surface area contributed by atoms with Gasteiger partial charge < -0.3 is 5.11 Å². The first-order chi connectivity index (χ1) is 8.70. The number of hydrogen-bond donors (Lipinski definition) is 1. The van der Waals surface area contributed by atoms with Crippen LogP contribution in [0.5, 0.6) is 0 Å². The maximum atomic E-state index is 10.3. The number of carbonyl (C=O) groups is 1. The molecule has 0 amide bonds. The number of hydrogen-bond acceptors (Lipinski definition) is 3. The highest BCUT2D eigenvalue weighted by Gasteiger charge is 2.01. The number of aromatic nitrogens is 1. The van der Waals surface area contributed by atoms with E-state index in [1.54, 1.807) is 11.3 Å². The van der Waals surface area contributed by atoms with Gasteiger partial charge in [-0.3, -0.25) is 4.79 Å². The lowest BCUT2D eigenvalue weighted by atomic mass is 10.1. The van der Waals surface area contributed by atoms with Gasteiger partial charge in [-0.1, -0.05) is 32.1 Å². The molecule has 0 radical (unpaired) electrons. The number of nitrogens with zero attached hydrogens (tertiary/aromatic N) is 1. The van der Waals surface area contributed by atoms with Gasteiger partial charge in [-0.05, 0) is 26.2 Å². The molecular formula is C14H23NO2S. The molecule has 0 aliphatic carbocycles. The molecule has 0 spiro atoms. The molecule has 3 nitrogen and oxygen atoms in total. The summed E-state index contributed by atoms with van der Waals surface area (Å²) in [7, 11) is 0. The van der Waals surface area contributed by atoms with Crippen LogP contribution in [0.2, 0.25) is 0 Å². The number of unbranched alkanes of at least 4 members (excludes halogenated alkanes) is 6. The maximum Gasteiger partial charge on any atom is 0.303 e. The Morgan fingerprint density at radius 3 is 2.33 bits per heavy atom. The van der Waals surface area contributed by atoms with Gasteiger partial charge in [0.05, 0.1) is 11.2 Å². The van der Waals surface area contributed by atoms with Gasteiger partial charge in [0.25, 0.3) is 0 Å². The van der Waals surface area contributed by atoms with Gasteiger partial charge in [0.2, 0.25) is 0 Å². The highest BCUT2D eigenvalue weighted by molar-refractivity contribution is 7.09. The number of aliphatic carboxylic acids is 1. The van der Waals surface area contributed by atoms with Crippen LogP contribution in [0, 0.1) is 6.92 Å². The van der Waals surface area contributed by atoms with Crippen molar-refractivity contribution in [2.45, 2.75) is 64.7 Å². The molecule has 1 aromatic heterocycles. The molecule has 1 rings (SSSR count). The van der Waals surface area contributed by atoms with E-state index in [2.05, 4.69) is 11.9 Å². The second-order valence-electron chi connectivity index (χ2n) is 4.73. The average molecular weight is 269 g/mol. The molecule has 0 aliphatic rings. The van der Waals surface area contributed by atoms with Gasteiger partial charge in [-0.2, -0.15) is 0 Å². The Hall–Kier alpha value is -0.900. The van der Waals surface area contributed by atoms with Crippen LogP contribution in [-0.4, -0.2) is 16.1 Å². The van der Waals surface area contributed by atoms with Crippen LogP contribution in [0.4, 0.5) is 0 Å². The second-order valence-corrected chi connectivity index (χ2v) is 5.67. The molecule has 0 atom stereocenters. The molecule has 102 valence electrons. The largest absolute Gasteiger partial charge is 0.481 e. The van der Waals surface area contributed by atoms with Gasteiger partial charge >= 0.3 is 5.97 Å². The molecule has 0 unspecified atom stereocenters. The number of carboxylic acid groups (broad SMARTS) is 1. The summed E-state index contributed by atoms with van der Waals surface area (Å²) in [4.78, 5) is 16.0. The Morgan fingerprint density at radius 2 is 1.78 bits per heavy atom. The molecule has 0 bridgehead atoms. The SMILES string of the molecule is Cc1ncsc1CCCCCCCCCC(=O)O. The molecular weight excluding hydrogens is 246 g/mol. The fraction of sp³-hybridized carbons (Fsp3) is 0.714. The normalized spacial score (nSPS) is 10.7. The average Bonchev–Trinajstić information content (AvgIpc) is 2.72. The van der Waals surface area contributed by atoms with Crippen molar-refractivity contribution < 1.29 is 9.90 Å². The predicted octanol–water partition coefficient (Wildman–Crippen LogP) is 4.20. The minimum Gasteiger partial charge on any atom is -0.481 e. The highest BCUT2D eigenvalue weighted by Crippen LogP contribution is 2.16. The summed E-state index contributed by atoms with van der Waals surface area (Å²) >= 11 is 1.76. The van der Waals surface area contributed by atoms with Crippen molar-refractivity contribution in [1.82, 2.24) is 4.98 Å². The third-order valence-corrected chi connectivity index (χ3v) is 4.13. The molecule has 0 aromatic carbocycles. The first-order valence-electron chi connectivity index (χ1n) is 6.81. The van der Waals surface area contributed by atoms with E-state index >= 15 is 0 Å². The summed E-state index contributed by atoms with van der Waals surface area (Å²) in [6, 6.07) is 0. The molecule has 1 N–H and O–H groups in total. The Morgan fingerprint density at radius 1 is 1.17 bits per heavy atom. The van der Waals surface area contributed by atoms with E-state index in [1.165, 1.54) is 42.7 Å². The minimum absolute atomic E-state index is 0.324. The molecule has 0 saturated carbocycles. The van der Waals surface area contributed by atoms with Crippen LogP contribution in [0.15, 0.2) is 5.51 Å². The monoisotopic (exact) mass is 269 g/mol. The number of thiazole rings is 1. The highest BCUT2D eigenvalue weighted by atomic mass is 32.1. The van der Waals surface area contributed by atoms with Crippen LogP contribution in [0.1, 0.15) is 61.9 Å². The zero-order chi connectivity index (χ0) is 13.2. The summed E-state index contributed by atoms with van der Waals surface area (Å²) in [5.74, 6) is -0.671. The van der Waals surface area contributed by atoms with Gasteiger partial charge in [-0.15, -0.1) is 11.3 Å². The van der Waals surface area contributed by atoms with Crippen molar-refractivity contribution in [2.75, 3.05) is 0 Å². The van der Waals surface area contributed by atoms with Gasteiger partial charge in [0.15, 0.2) is 0 Å². The first-order valence-corrected chi connectivity index (χ1v) is 7.69. The van der Waals surface area contributed by atoms with Crippen LogP contribution in [-0.2, 0) is 11.2 Å². The molecule has 4 heteroatoms. The number of rotatable bonds is 10. The standard InChI is InChI=1S/C14H23NO2S/c1-12-13(18-11-15-12)9-7-5-3-2-4-6-8-10-14(16)17/h11H,2-10H2,1H3,(H,16,17). The van der Waals surface area contributed by atoms with E-state index < -0.39 is 5.97 Å². The van der Waals surface area contributed by atoms with Crippen LogP contribution in [0.3, 0.4) is 0 Å². The van der Waals surface area contributed by atoms with E-state index in [0.29, 0.717) is 6.42 Å². The summed E-state index contributed by atoms with van der Waals surface area (Å²) in [5.41, 5.74) is 3.11. The predicted molar refractivity (Wildman–Crippen MR) is 75.1 cm³/mol. The van der Waals surface area contributed by atoms with Crippen LogP contribution < -0.4 is 0 Å². The summed E-state index contributed by atoms with van der Waals surface area (Å²) in [6.45, 7) is 2.08. The van der Waals surface area contributed by atoms with Crippen LogP contribution in [0.25, 0.3) is 0 Å². The Balaban J connectivity index is 1.87. The summed E-state index contributed by atoms with van der Waals surface area (Å²) in [6.07, 6.45) is 9.57. The fourth-order valence-corrected chi connectivity index (χ4v) is 2.84. The fourth-order valence-electron chi connectivity index (χ4n) is 2.01. The Labute approximate surface area is 113 Å². The molecule has 0 fully saturated rings. The lowest BCUT2D eigenvalue weighted by molar-refractivity contribution is -0.137. The van der Waals surface area contributed by atoms with E-state index in [-0.39, 0.29) is 0 Å². The van der Waals surface area contributed by atoms with Crippen LogP contribution >= 0.6 is 11.3 Å². The third-order valence-electron chi connectivity index (χ3n) is 3.14.